The molecule has 22 heavy (non-hydrogen) atoms. The average Bonchev–Trinajstić information content (AvgIpc) is 2.51. The first-order valence-electron chi connectivity index (χ1n) is 6.92. The van der Waals surface area contributed by atoms with Crippen molar-refractivity contribution < 1.29 is 10.0 Å². The Bertz CT molecular complexity index is 548. The Labute approximate surface area is 135 Å². The van der Waals surface area contributed by atoms with Gasteiger partial charge < -0.3 is 10.5 Å². The van der Waals surface area contributed by atoms with Crippen LogP contribution in [-0.2, 0) is 11.3 Å². The van der Waals surface area contributed by atoms with Crippen LogP contribution in [0.15, 0.2) is 35.5 Å². The lowest BCUT2D eigenvalue weighted by molar-refractivity contribution is -0.115. The number of piperidine rings is 1. The maximum Gasteiger partial charge on any atom is 0.284 e. The van der Waals surface area contributed by atoms with Gasteiger partial charge >= 0.3 is 0 Å². The normalized spacial score (nSPS) is 16.4. The van der Waals surface area contributed by atoms with Gasteiger partial charge in [0.1, 0.15) is 6.07 Å². The van der Waals surface area contributed by atoms with Gasteiger partial charge in [-0.25, -0.2) is 0 Å². The van der Waals surface area contributed by atoms with E-state index in [0.29, 0.717) is 0 Å². The molecule has 1 aromatic carbocycles. The van der Waals surface area contributed by atoms with Crippen LogP contribution in [0.1, 0.15) is 18.4 Å². The molecule has 0 radical (unpaired) electrons. The van der Waals surface area contributed by atoms with Crippen molar-refractivity contribution >= 4 is 24.0 Å². The molecule has 0 saturated carbocycles. The number of hydrogen-bond donors (Lipinski definition) is 2. The van der Waals surface area contributed by atoms with Crippen LogP contribution in [0.5, 0.6) is 0 Å². The number of carbonyl (C=O) groups excluding carboxylic acids is 1. The van der Waals surface area contributed by atoms with Gasteiger partial charge in [-0.05, 0) is 18.4 Å². The summed E-state index contributed by atoms with van der Waals surface area (Å²) < 4.78 is 0. The van der Waals surface area contributed by atoms with Crippen molar-refractivity contribution in [3.63, 3.8) is 0 Å². The number of benzene rings is 1. The van der Waals surface area contributed by atoms with Crippen molar-refractivity contribution in [2.45, 2.75) is 25.4 Å². The first kappa shape index (κ1) is 18.0. The molecule has 1 saturated heterocycles. The second-order valence-electron chi connectivity index (χ2n) is 5.07. The van der Waals surface area contributed by atoms with Gasteiger partial charge in [0, 0.05) is 25.7 Å². The highest BCUT2D eigenvalue weighted by Crippen LogP contribution is 2.13. The van der Waals surface area contributed by atoms with Crippen molar-refractivity contribution in [1.29, 1.82) is 5.26 Å². The number of likely N-dealkylation sites (tertiary alicyclic amines) is 1. The van der Waals surface area contributed by atoms with Gasteiger partial charge in [-0.2, -0.15) is 5.26 Å². The van der Waals surface area contributed by atoms with E-state index in [-0.39, 0.29) is 18.4 Å². The average molecular weight is 323 g/mol. The molecule has 1 aliphatic rings. The number of halogens is 1. The van der Waals surface area contributed by atoms with Crippen LogP contribution in [0, 0.1) is 11.3 Å². The minimum Gasteiger partial charge on any atom is -0.410 e. The predicted octanol–water partition coefficient (Wildman–Crippen LogP) is 1.54. The molecule has 6 nitrogen and oxygen atoms in total. The Morgan fingerprint density at radius 3 is 2.55 bits per heavy atom. The van der Waals surface area contributed by atoms with E-state index in [2.05, 4.69) is 27.5 Å². The minimum absolute atomic E-state index is 0. The number of carbonyl (C=O) groups is 1. The fourth-order valence-corrected chi connectivity index (χ4v) is 2.45. The lowest BCUT2D eigenvalue weighted by Crippen LogP contribution is -2.46. The second kappa shape index (κ2) is 9.03. The fraction of sp³-hybridized carbons (Fsp3) is 0.400. The fourth-order valence-electron chi connectivity index (χ4n) is 2.45. The van der Waals surface area contributed by atoms with Gasteiger partial charge in [0.2, 0.25) is 5.71 Å². The summed E-state index contributed by atoms with van der Waals surface area (Å²) in [5.74, 6) is -0.610. The molecule has 2 rings (SSSR count). The van der Waals surface area contributed by atoms with Crippen molar-refractivity contribution in [3.8, 4) is 6.07 Å². The molecule has 0 atom stereocenters. The van der Waals surface area contributed by atoms with E-state index in [4.69, 9.17) is 10.5 Å². The van der Waals surface area contributed by atoms with Gasteiger partial charge in [0.25, 0.3) is 5.91 Å². The van der Waals surface area contributed by atoms with E-state index in [1.165, 1.54) is 5.56 Å². The number of oxime groups is 1. The molecule has 0 aromatic heterocycles. The molecular formula is C15H19ClN4O2. The molecule has 1 aromatic rings. The molecule has 1 amide bonds. The van der Waals surface area contributed by atoms with Crippen LogP contribution < -0.4 is 5.32 Å². The summed E-state index contributed by atoms with van der Waals surface area (Å²) >= 11 is 0. The number of amides is 1. The Kier molecular flexibility index (Phi) is 7.37. The molecule has 1 aliphatic heterocycles. The number of rotatable bonds is 4. The first-order chi connectivity index (χ1) is 10.2. The third-order valence-electron chi connectivity index (χ3n) is 3.59. The van der Waals surface area contributed by atoms with Gasteiger partial charge in [0.05, 0.1) is 0 Å². The van der Waals surface area contributed by atoms with Gasteiger partial charge in [-0.1, -0.05) is 35.5 Å². The van der Waals surface area contributed by atoms with E-state index in [9.17, 15) is 4.79 Å². The van der Waals surface area contributed by atoms with Crippen LogP contribution in [0.25, 0.3) is 0 Å². The lowest BCUT2D eigenvalue weighted by Gasteiger charge is -2.32. The lowest BCUT2D eigenvalue weighted by atomic mass is 10.0. The molecule has 118 valence electrons. The topological polar surface area (TPSA) is 88.7 Å². The highest BCUT2D eigenvalue weighted by molar-refractivity contribution is 6.45. The monoisotopic (exact) mass is 322 g/mol. The summed E-state index contributed by atoms with van der Waals surface area (Å²) in [5, 5.41) is 22.6. The zero-order chi connectivity index (χ0) is 15.1. The Balaban J connectivity index is 0.00000242. The van der Waals surface area contributed by atoms with E-state index in [0.717, 1.165) is 32.5 Å². The molecule has 2 N–H and O–H groups in total. The maximum absolute atomic E-state index is 11.6. The molecule has 1 fully saturated rings. The van der Waals surface area contributed by atoms with Crippen LogP contribution in [0.2, 0.25) is 0 Å². The summed E-state index contributed by atoms with van der Waals surface area (Å²) in [6.45, 7) is 2.68. The van der Waals surface area contributed by atoms with Crippen molar-refractivity contribution in [2.24, 2.45) is 5.16 Å². The maximum atomic E-state index is 11.6. The summed E-state index contributed by atoms with van der Waals surface area (Å²) in [6.07, 6.45) is 1.64. The number of nitrogens with one attached hydrogen (secondary N) is 1. The molecule has 0 spiro atoms. The molecule has 1 heterocycles. The summed E-state index contributed by atoms with van der Waals surface area (Å²) in [5.41, 5.74) is 0.779. The van der Waals surface area contributed by atoms with Crippen molar-refractivity contribution in [1.82, 2.24) is 10.2 Å². The summed E-state index contributed by atoms with van der Waals surface area (Å²) in [7, 11) is 0. The zero-order valence-corrected chi connectivity index (χ0v) is 12.9. The van der Waals surface area contributed by atoms with Crippen LogP contribution >= 0.6 is 12.4 Å². The standard InChI is InChI=1S/C15H18N4O2.ClH/c16-10-14(18-21)15(20)17-13-6-8-19(9-7-13)11-12-4-2-1-3-5-12;/h1-5,13,21H,6-9,11H2,(H,17,20);1H. The largest absolute Gasteiger partial charge is 0.410 e. The SMILES string of the molecule is Cl.N#CC(=NO)C(=O)NC1CCN(Cc2ccccc2)CC1. The van der Waals surface area contributed by atoms with E-state index in [1.54, 1.807) is 6.07 Å². The molecular weight excluding hydrogens is 304 g/mol. The summed E-state index contributed by atoms with van der Waals surface area (Å²) in [4.78, 5) is 13.9. The smallest absolute Gasteiger partial charge is 0.284 e. The molecule has 0 bridgehead atoms. The third kappa shape index (κ3) is 5.02. The Morgan fingerprint density at radius 2 is 2.00 bits per heavy atom. The molecule has 0 unspecified atom stereocenters. The predicted molar refractivity (Wildman–Crippen MR) is 85.0 cm³/mol. The minimum atomic E-state index is -0.610. The van der Waals surface area contributed by atoms with E-state index < -0.39 is 11.6 Å². The van der Waals surface area contributed by atoms with Gasteiger partial charge in [-0.15, -0.1) is 12.4 Å². The van der Waals surface area contributed by atoms with Crippen molar-refractivity contribution in [3.05, 3.63) is 35.9 Å². The number of nitriles is 1. The molecule has 7 heteroatoms. The number of nitrogens with zero attached hydrogens (tertiary/aromatic N) is 3. The molecule has 0 aliphatic carbocycles. The van der Waals surface area contributed by atoms with Crippen LogP contribution in [-0.4, -0.2) is 40.9 Å². The Hall–Kier alpha value is -2.10. The van der Waals surface area contributed by atoms with Gasteiger partial charge in [0.15, 0.2) is 0 Å². The van der Waals surface area contributed by atoms with Crippen LogP contribution in [0.3, 0.4) is 0 Å². The number of hydrogen-bond acceptors (Lipinski definition) is 5. The van der Waals surface area contributed by atoms with Crippen molar-refractivity contribution in [2.75, 3.05) is 13.1 Å². The second-order valence-corrected chi connectivity index (χ2v) is 5.07. The quantitative estimate of drug-likeness (QED) is 0.500. The third-order valence-corrected chi connectivity index (χ3v) is 3.59. The summed E-state index contributed by atoms with van der Waals surface area (Å²) in [6, 6.07) is 11.8. The highest BCUT2D eigenvalue weighted by atomic mass is 35.5. The first-order valence-corrected chi connectivity index (χ1v) is 6.92. The van der Waals surface area contributed by atoms with Crippen LogP contribution in [0.4, 0.5) is 0 Å². The highest BCUT2D eigenvalue weighted by Gasteiger charge is 2.22. The zero-order valence-electron chi connectivity index (χ0n) is 12.1. The Morgan fingerprint density at radius 1 is 1.36 bits per heavy atom. The van der Waals surface area contributed by atoms with Gasteiger partial charge in [-0.3, -0.25) is 9.69 Å². The van der Waals surface area contributed by atoms with E-state index in [1.807, 2.05) is 18.2 Å². The van der Waals surface area contributed by atoms with E-state index >= 15 is 0 Å².